The van der Waals surface area contributed by atoms with E-state index in [1.54, 1.807) is 19.1 Å². The van der Waals surface area contributed by atoms with Gasteiger partial charge in [-0.2, -0.15) is 5.26 Å². The van der Waals surface area contributed by atoms with Crippen molar-refractivity contribution in [2.24, 2.45) is 5.73 Å². The quantitative estimate of drug-likeness (QED) is 0.743. The van der Waals surface area contributed by atoms with Crippen LogP contribution in [0.15, 0.2) is 34.9 Å². The first-order valence-electron chi connectivity index (χ1n) is 9.00. The fourth-order valence-corrected chi connectivity index (χ4v) is 3.31. The zero-order chi connectivity index (χ0) is 20.3. The van der Waals surface area contributed by atoms with E-state index in [-0.39, 0.29) is 30.4 Å². The number of hydrogen-bond donors (Lipinski definition) is 1. The van der Waals surface area contributed by atoms with E-state index in [4.69, 9.17) is 29.4 Å². The molecule has 0 radical (unpaired) electrons. The number of nitrogens with zero attached hydrogens (tertiary/aromatic N) is 1. The molecule has 8 nitrogen and oxygen atoms in total. The van der Waals surface area contributed by atoms with Crippen molar-refractivity contribution in [3.05, 3.63) is 40.5 Å². The highest BCUT2D eigenvalue weighted by Crippen LogP contribution is 2.48. The molecule has 0 aliphatic carbocycles. The zero-order valence-electron chi connectivity index (χ0n) is 16.0. The van der Waals surface area contributed by atoms with Crippen LogP contribution in [-0.4, -0.2) is 26.5 Å². The zero-order valence-corrected chi connectivity index (χ0v) is 16.0. The number of nitrogens with two attached hydrogens (primary N) is 1. The Balaban J connectivity index is 2.22. The van der Waals surface area contributed by atoms with Crippen LogP contribution in [0.25, 0.3) is 0 Å². The summed E-state index contributed by atoms with van der Waals surface area (Å²) in [6.07, 6.45) is 1.20. The summed E-state index contributed by atoms with van der Waals surface area (Å²) in [6, 6.07) is 5.49. The SMILES string of the molecule is CCCC1=C(C(=O)OCC)[C@@H](c2cc(OC)c3c(c2)OCO3)C(C#N)=C(N)O1. The number of fused-ring (bicyclic) bond motifs is 1. The molecule has 0 fully saturated rings. The van der Waals surface area contributed by atoms with Crippen molar-refractivity contribution in [3.8, 4) is 23.3 Å². The largest absolute Gasteiger partial charge is 0.493 e. The Morgan fingerprint density at radius 2 is 2.14 bits per heavy atom. The molecule has 0 bridgehead atoms. The Kier molecular flexibility index (Phi) is 5.64. The van der Waals surface area contributed by atoms with Crippen molar-refractivity contribution >= 4 is 5.97 Å². The number of methoxy groups -OCH3 is 1. The van der Waals surface area contributed by atoms with Gasteiger partial charge in [-0.1, -0.05) is 6.92 Å². The molecule has 2 heterocycles. The number of benzene rings is 1. The second-order valence-corrected chi connectivity index (χ2v) is 6.19. The Morgan fingerprint density at radius 1 is 1.36 bits per heavy atom. The Hall–Kier alpha value is -3.34. The number of esters is 1. The number of carbonyl (C=O) groups excluding carboxylic acids is 1. The van der Waals surface area contributed by atoms with Crippen LogP contribution >= 0.6 is 0 Å². The molecule has 1 aromatic rings. The molecule has 8 heteroatoms. The molecule has 28 heavy (non-hydrogen) atoms. The van der Waals surface area contributed by atoms with Crippen molar-refractivity contribution < 1.29 is 28.5 Å². The lowest BCUT2D eigenvalue weighted by Crippen LogP contribution is -2.26. The summed E-state index contributed by atoms with van der Waals surface area (Å²) in [5.74, 6) is 0.448. The lowest BCUT2D eigenvalue weighted by Gasteiger charge is -2.28. The molecule has 148 valence electrons. The Morgan fingerprint density at radius 3 is 2.79 bits per heavy atom. The van der Waals surface area contributed by atoms with Crippen LogP contribution in [-0.2, 0) is 14.3 Å². The van der Waals surface area contributed by atoms with E-state index >= 15 is 0 Å². The molecule has 2 aliphatic rings. The first kappa shape index (κ1) is 19.4. The molecule has 0 spiro atoms. The van der Waals surface area contributed by atoms with Crippen molar-refractivity contribution in [1.82, 2.24) is 0 Å². The number of hydrogen-bond acceptors (Lipinski definition) is 8. The topological polar surface area (TPSA) is 113 Å². The van der Waals surface area contributed by atoms with Gasteiger partial charge in [-0.25, -0.2) is 4.79 Å². The maximum absolute atomic E-state index is 12.8. The van der Waals surface area contributed by atoms with E-state index in [2.05, 4.69) is 6.07 Å². The van der Waals surface area contributed by atoms with Crippen molar-refractivity contribution in [3.63, 3.8) is 0 Å². The van der Waals surface area contributed by atoms with Crippen LogP contribution in [0.3, 0.4) is 0 Å². The molecule has 1 aromatic carbocycles. The highest BCUT2D eigenvalue weighted by molar-refractivity contribution is 5.92. The van der Waals surface area contributed by atoms with Gasteiger partial charge in [-0.3, -0.25) is 0 Å². The summed E-state index contributed by atoms with van der Waals surface area (Å²) < 4.78 is 27.2. The molecule has 0 saturated heterocycles. The van der Waals surface area contributed by atoms with Gasteiger partial charge >= 0.3 is 5.97 Å². The molecule has 0 unspecified atom stereocenters. The first-order chi connectivity index (χ1) is 13.5. The third kappa shape index (κ3) is 3.31. The minimum Gasteiger partial charge on any atom is -0.493 e. The van der Waals surface area contributed by atoms with Gasteiger partial charge in [0.2, 0.25) is 18.4 Å². The summed E-state index contributed by atoms with van der Waals surface area (Å²) in [4.78, 5) is 12.8. The molecule has 3 rings (SSSR count). The van der Waals surface area contributed by atoms with Crippen molar-refractivity contribution in [2.75, 3.05) is 20.5 Å². The Bertz CT molecular complexity index is 897. The van der Waals surface area contributed by atoms with Gasteiger partial charge in [0.1, 0.15) is 17.4 Å². The summed E-state index contributed by atoms with van der Waals surface area (Å²) in [6.45, 7) is 3.93. The third-order valence-electron chi connectivity index (χ3n) is 4.48. The van der Waals surface area contributed by atoms with Crippen LogP contribution in [0, 0.1) is 11.3 Å². The summed E-state index contributed by atoms with van der Waals surface area (Å²) in [7, 11) is 1.51. The monoisotopic (exact) mass is 386 g/mol. The number of allylic oxidation sites excluding steroid dienone is 2. The Labute approximate surface area is 163 Å². The third-order valence-corrected chi connectivity index (χ3v) is 4.48. The minimum absolute atomic E-state index is 0.0272. The van der Waals surface area contributed by atoms with E-state index < -0.39 is 11.9 Å². The second-order valence-electron chi connectivity index (χ2n) is 6.19. The average Bonchev–Trinajstić information content (AvgIpc) is 3.15. The highest BCUT2D eigenvalue weighted by atomic mass is 16.7. The lowest BCUT2D eigenvalue weighted by atomic mass is 9.82. The summed E-state index contributed by atoms with van der Waals surface area (Å²) in [5, 5.41) is 9.73. The number of nitriles is 1. The fraction of sp³-hybridized carbons (Fsp3) is 0.400. The van der Waals surface area contributed by atoms with Gasteiger partial charge in [0.15, 0.2) is 11.5 Å². The van der Waals surface area contributed by atoms with Gasteiger partial charge in [0, 0.05) is 6.42 Å². The second kappa shape index (κ2) is 8.13. The van der Waals surface area contributed by atoms with E-state index in [9.17, 15) is 10.1 Å². The molecule has 0 aromatic heterocycles. The predicted molar refractivity (Wildman–Crippen MR) is 98.3 cm³/mol. The van der Waals surface area contributed by atoms with Crippen LogP contribution < -0.4 is 19.9 Å². The molecular formula is C20H22N2O6. The van der Waals surface area contributed by atoms with Crippen LogP contribution in [0.1, 0.15) is 38.2 Å². The molecular weight excluding hydrogens is 364 g/mol. The van der Waals surface area contributed by atoms with E-state index in [1.165, 1.54) is 7.11 Å². The standard InChI is InChI=1S/C20H22N2O6/c1-4-6-13-17(20(23)25-5-2)16(12(9-21)19(22)28-13)11-7-14(24-3)18-15(8-11)26-10-27-18/h7-8,16H,4-6,10,22H2,1-3H3/t16-/m0/s1. The fourth-order valence-electron chi connectivity index (χ4n) is 3.31. The normalized spacial score (nSPS) is 17.9. The highest BCUT2D eigenvalue weighted by Gasteiger charge is 2.38. The van der Waals surface area contributed by atoms with Gasteiger partial charge < -0.3 is 29.4 Å². The molecule has 1 atom stereocenters. The summed E-state index contributed by atoms with van der Waals surface area (Å²) >= 11 is 0. The van der Waals surface area contributed by atoms with Gasteiger partial charge in [-0.05, 0) is 31.0 Å². The van der Waals surface area contributed by atoms with E-state index in [0.29, 0.717) is 35.0 Å². The number of ether oxygens (including phenoxy) is 5. The van der Waals surface area contributed by atoms with Crippen LogP contribution in [0.2, 0.25) is 0 Å². The molecule has 0 saturated carbocycles. The molecule has 2 aliphatic heterocycles. The van der Waals surface area contributed by atoms with Gasteiger partial charge in [0.25, 0.3) is 0 Å². The first-order valence-corrected chi connectivity index (χ1v) is 9.00. The van der Waals surface area contributed by atoms with Gasteiger partial charge in [-0.15, -0.1) is 0 Å². The van der Waals surface area contributed by atoms with Crippen LogP contribution in [0.4, 0.5) is 0 Å². The number of carbonyl (C=O) groups is 1. The summed E-state index contributed by atoms with van der Waals surface area (Å²) in [5.41, 5.74) is 7.00. The molecule has 2 N–H and O–H groups in total. The lowest BCUT2D eigenvalue weighted by molar-refractivity contribution is -0.139. The molecule has 0 amide bonds. The maximum atomic E-state index is 12.8. The number of rotatable bonds is 6. The average molecular weight is 386 g/mol. The van der Waals surface area contributed by atoms with Crippen molar-refractivity contribution in [2.45, 2.75) is 32.6 Å². The van der Waals surface area contributed by atoms with E-state index in [1.807, 2.05) is 6.92 Å². The maximum Gasteiger partial charge on any atom is 0.338 e. The smallest absolute Gasteiger partial charge is 0.338 e. The van der Waals surface area contributed by atoms with Crippen molar-refractivity contribution in [1.29, 1.82) is 5.26 Å². The van der Waals surface area contributed by atoms with Crippen LogP contribution in [0.5, 0.6) is 17.2 Å². The predicted octanol–water partition coefficient (Wildman–Crippen LogP) is 2.85. The van der Waals surface area contributed by atoms with E-state index in [0.717, 1.165) is 6.42 Å². The van der Waals surface area contributed by atoms with Gasteiger partial charge in [0.05, 0.1) is 25.2 Å². The minimum atomic E-state index is -0.761.